The van der Waals surface area contributed by atoms with E-state index in [-0.39, 0.29) is 11.8 Å². The van der Waals surface area contributed by atoms with Gasteiger partial charge in [-0.1, -0.05) is 6.92 Å². The van der Waals surface area contributed by atoms with Gasteiger partial charge in [0.1, 0.15) is 5.82 Å². The van der Waals surface area contributed by atoms with Crippen LogP contribution in [0.25, 0.3) is 11.4 Å². The molecule has 0 saturated carbocycles. The number of benzene rings is 1. The predicted octanol–water partition coefficient (Wildman–Crippen LogP) is 1.88. The Morgan fingerprint density at radius 1 is 1.48 bits per heavy atom. The molecule has 1 saturated heterocycles. The maximum atomic E-state index is 13.3. The fourth-order valence-corrected chi connectivity index (χ4v) is 2.79. The fraction of sp³-hybridized carbons (Fsp3) is 0.500. The SMILES string of the molecule is CCC1OCCC1Cn1nnnc1-c1ccc(F)c(N)c1. The highest BCUT2D eigenvalue weighted by Crippen LogP contribution is 2.27. The van der Waals surface area contributed by atoms with Crippen LogP contribution in [0.3, 0.4) is 0 Å². The van der Waals surface area contributed by atoms with Crippen LogP contribution in [-0.4, -0.2) is 32.9 Å². The number of nitrogens with two attached hydrogens (primary N) is 1. The number of nitrogen functional groups attached to an aromatic ring is 1. The summed E-state index contributed by atoms with van der Waals surface area (Å²) in [5.41, 5.74) is 6.42. The molecular formula is C14H18FN5O. The second kappa shape index (κ2) is 5.77. The monoisotopic (exact) mass is 291 g/mol. The first kappa shape index (κ1) is 13.9. The topological polar surface area (TPSA) is 78.8 Å². The van der Waals surface area contributed by atoms with Crippen LogP contribution in [0.5, 0.6) is 0 Å². The molecule has 0 aliphatic carbocycles. The average Bonchev–Trinajstić information content (AvgIpc) is 3.11. The van der Waals surface area contributed by atoms with Gasteiger partial charge in [0, 0.05) is 18.1 Å². The molecule has 6 nitrogen and oxygen atoms in total. The minimum atomic E-state index is -0.437. The Morgan fingerprint density at radius 2 is 2.33 bits per heavy atom. The van der Waals surface area contributed by atoms with Gasteiger partial charge in [0.2, 0.25) is 0 Å². The van der Waals surface area contributed by atoms with Crippen molar-refractivity contribution in [2.45, 2.75) is 32.4 Å². The van der Waals surface area contributed by atoms with E-state index in [1.54, 1.807) is 16.8 Å². The van der Waals surface area contributed by atoms with Crippen molar-refractivity contribution >= 4 is 5.69 Å². The second-order valence-corrected chi connectivity index (χ2v) is 5.29. The highest BCUT2D eigenvalue weighted by molar-refractivity contribution is 5.61. The number of anilines is 1. The molecule has 1 aliphatic heterocycles. The molecule has 112 valence electrons. The van der Waals surface area contributed by atoms with Crippen molar-refractivity contribution in [3.8, 4) is 11.4 Å². The molecule has 0 radical (unpaired) electrons. The van der Waals surface area contributed by atoms with Crippen LogP contribution in [0.15, 0.2) is 18.2 Å². The molecule has 0 amide bonds. The van der Waals surface area contributed by atoms with E-state index in [1.807, 2.05) is 0 Å². The quantitative estimate of drug-likeness (QED) is 0.870. The Bertz CT molecular complexity index is 630. The Labute approximate surface area is 122 Å². The van der Waals surface area contributed by atoms with Gasteiger partial charge in [0.15, 0.2) is 5.82 Å². The summed E-state index contributed by atoms with van der Waals surface area (Å²) in [7, 11) is 0. The first-order valence-corrected chi connectivity index (χ1v) is 7.12. The van der Waals surface area contributed by atoms with Gasteiger partial charge in [-0.2, -0.15) is 0 Å². The summed E-state index contributed by atoms with van der Waals surface area (Å²) < 4.78 is 20.7. The summed E-state index contributed by atoms with van der Waals surface area (Å²) >= 11 is 0. The highest BCUT2D eigenvalue weighted by Gasteiger charge is 2.28. The van der Waals surface area contributed by atoms with Gasteiger partial charge in [-0.3, -0.25) is 0 Å². The van der Waals surface area contributed by atoms with Gasteiger partial charge >= 0.3 is 0 Å². The second-order valence-electron chi connectivity index (χ2n) is 5.29. The molecule has 2 N–H and O–H groups in total. The van der Waals surface area contributed by atoms with Crippen molar-refractivity contribution in [1.29, 1.82) is 0 Å². The summed E-state index contributed by atoms with van der Waals surface area (Å²) in [6.45, 7) is 3.59. The largest absolute Gasteiger partial charge is 0.396 e. The Hall–Kier alpha value is -2.02. The van der Waals surface area contributed by atoms with Crippen LogP contribution in [0.1, 0.15) is 19.8 Å². The van der Waals surface area contributed by atoms with E-state index in [0.717, 1.165) is 19.4 Å². The molecule has 1 aliphatic rings. The third-order valence-corrected chi connectivity index (χ3v) is 3.94. The van der Waals surface area contributed by atoms with Gasteiger partial charge in [-0.25, -0.2) is 9.07 Å². The van der Waals surface area contributed by atoms with Crippen molar-refractivity contribution in [3.05, 3.63) is 24.0 Å². The van der Waals surface area contributed by atoms with Gasteiger partial charge < -0.3 is 10.5 Å². The molecule has 2 heterocycles. The van der Waals surface area contributed by atoms with Crippen molar-refractivity contribution in [3.63, 3.8) is 0 Å². The predicted molar refractivity (Wildman–Crippen MR) is 75.8 cm³/mol. The zero-order valence-electron chi connectivity index (χ0n) is 11.9. The number of hydrogen-bond donors (Lipinski definition) is 1. The minimum absolute atomic E-state index is 0.0951. The summed E-state index contributed by atoms with van der Waals surface area (Å²) in [5, 5.41) is 11.8. The van der Waals surface area contributed by atoms with Crippen LogP contribution >= 0.6 is 0 Å². The normalized spacial score (nSPS) is 21.8. The molecule has 21 heavy (non-hydrogen) atoms. The minimum Gasteiger partial charge on any atom is -0.396 e. The Kier molecular flexibility index (Phi) is 3.83. The zero-order valence-corrected chi connectivity index (χ0v) is 11.9. The molecule has 1 aromatic heterocycles. The summed E-state index contributed by atoms with van der Waals surface area (Å²) in [5.74, 6) is 0.562. The first-order valence-electron chi connectivity index (χ1n) is 7.12. The lowest BCUT2D eigenvalue weighted by Gasteiger charge is -2.17. The number of tetrazole rings is 1. The van der Waals surface area contributed by atoms with Crippen molar-refractivity contribution in [1.82, 2.24) is 20.2 Å². The van der Waals surface area contributed by atoms with Crippen LogP contribution in [0.2, 0.25) is 0 Å². The van der Waals surface area contributed by atoms with Gasteiger partial charge in [0.05, 0.1) is 18.3 Å². The third kappa shape index (κ3) is 2.73. The maximum Gasteiger partial charge on any atom is 0.182 e. The molecule has 7 heteroatoms. The lowest BCUT2D eigenvalue weighted by molar-refractivity contribution is 0.0825. The Balaban J connectivity index is 1.85. The van der Waals surface area contributed by atoms with Crippen LogP contribution in [0, 0.1) is 11.7 Å². The summed E-state index contributed by atoms with van der Waals surface area (Å²) in [6, 6.07) is 4.52. The van der Waals surface area contributed by atoms with Crippen LogP contribution < -0.4 is 5.73 Å². The van der Waals surface area contributed by atoms with E-state index in [1.165, 1.54) is 6.07 Å². The number of halogens is 1. The van der Waals surface area contributed by atoms with E-state index >= 15 is 0 Å². The number of aromatic nitrogens is 4. The molecule has 1 aromatic carbocycles. The number of hydrogen-bond acceptors (Lipinski definition) is 5. The molecule has 1 fully saturated rings. The van der Waals surface area contributed by atoms with Crippen molar-refractivity contribution in [2.24, 2.45) is 5.92 Å². The molecule has 2 unspecified atom stereocenters. The standard InChI is InChI=1S/C14H18FN5O/c1-2-13-10(5-6-21-13)8-20-14(17-18-19-20)9-3-4-11(15)12(16)7-9/h3-4,7,10,13H,2,5-6,8,16H2,1H3. The third-order valence-electron chi connectivity index (χ3n) is 3.94. The summed E-state index contributed by atoms with van der Waals surface area (Å²) in [6.07, 6.45) is 2.23. The van der Waals surface area contributed by atoms with E-state index in [4.69, 9.17) is 10.5 Å². The molecule has 2 aromatic rings. The van der Waals surface area contributed by atoms with Crippen LogP contribution in [-0.2, 0) is 11.3 Å². The lowest BCUT2D eigenvalue weighted by atomic mass is 9.99. The Morgan fingerprint density at radius 3 is 3.10 bits per heavy atom. The van der Waals surface area contributed by atoms with Gasteiger partial charge in [-0.15, -0.1) is 5.10 Å². The van der Waals surface area contributed by atoms with Crippen molar-refractivity contribution < 1.29 is 9.13 Å². The first-order chi connectivity index (χ1) is 10.2. The number of nitrogens with zero attached hydrogens (tertiary/aromatic N) is 4. The molecule has 3 rings (SSSR count). The highest BCUT2D eigenvalue weighted by atomic mass is 19.1. The molecule has 0 spiro atoms. The number of ether oxygens (including phenoxy) is 1. The maximum absolute atomic E-state index is 13.3. The number of rotatable bonds is 4. The smallest absolute Gasteiger partial charge is 0.182 e. The molecule has 2 atom stereocenters. The van der Waals surface area contributed by atoms with Crippen LogP contribution in [0.4, 0.5) is 10.1 Å². The van der Waals surface area contributed by atoms with E-state index in [2.05, 4.69) is 22.4 Å². The van der Waals surface area contributed by atoms with Gasteiger partial charge in [-0.05, 0) is 41.5 Å². The molecular weight excluding hydrogens is 273 g/mol. The molecule has 0 bridgehead atoms. The lowest BCUT2D eigenvalue weighted by Crippen LogP contribution is -2.21. The van der Waals surface area contributed by atoms with Crippen molar-refractivity contribution in [2.75, 3.05) is 12.3 Å². The van der Waals surface area contributed by atoms with Gasteiger partial charge in [0.25, 0.3) is 0 Å². The fourth-order valence-electron chi connectivity index (χ4n) is 2.79. The summed E-state index contributed by atoms with van der Waals surface area (Å²) in [4.78, 5) is 0. The van der Waals surface area contributed by atoms with E-state index < -0.39 is 5.82 Å². The van der Waals surface area contributed by atoms with E-state index in [9.17, 15) is 4.39 Å². The average molecular weight is 291 g/mol. The van der Waals surface area contributed by atoms with E-state index in [0.29, 0.717) is 23.9 Å². The zero-order chi connectivity index (χ0) is 14.8.